The maximum atomic E-state index is 9.45. The van der Waals surface area contributed by atoms with E-state index in [0.29, 0.717) is 11.8 Å². The van der Waals surface area contributed by atoms with E-state index in [2.05, 4.69) is 26.5 Å². The molecule has 2 atom stereocenters. The summed E-state index contributed by atoms with van der Waals surface area (Å²) in [6.07, 6.45) is 4.62. The van der Waals surface area contributed by atoms with Crippen molar-refractivity contribution in [2.24, 2.45) is 11.8 Å². The van der Waals surface area contributed by atoms with E-state index in [1.165, 1.54) is 0 Å². The lowest BCUT2D eigenvalue weighted by Crippen LogP contribution is -2.20. The zero-order chi connectivity index (χ0) is 8.43. The van der Waals surface area contributed by atoms with Crippen molar-refractivity contribution in [3.8, 4) is 0 Å². The molecule has 1 nitrogen and oxygen atoms in total. The molecule has 1 rings (SSSR count). The van der Waals surface area contributed by atoms with Gasteiger partial charge in [-0.1, -0.05) is 32.6 Å². The molecule has 0 radical (unpaired) electrons. The van der Waals surface area contributed by atoms with Gasteiger partial charge < -0.3 is 5.11 Å². The van der Waals surface area contributed by atoms with Crippen LogP contribution in [0.25, 0.3) is 0 Å². The Kier molecular flexibility index (Phi) is 2.50. The Morgan fingerprint density at radius 3 is 2.73 bits per heavy atom. The maximum Gasteiger partial charge on any atom is 0.0790 e. The molecule has 0 amide bonds. The second kappa shape index (κ2) is 3.22. The molecule has 0 aromatic carbocycles. The number of hydrogen-bond donors (Lipinski definition) is 1. The molecule has 0 heterocycles. The summed E-state index contributed by atoms with van der Waals surface area (Å²) in [4.78, 5) is 0. The number of rotatable bonds is 1. The van der Waals surface area contributed by atoms with Crippen molar-refractivity contribution in [3.63, 3.8) is 0 Å². The van der Waals surface area contributed by atoms with Gasteiger partial charge in [-0.05, 0) is 23.8 Å². The van der Waals surface area contributed by atoms with Gasteiger partial charge in [0.1, 0.15) is 0 Å². The fourth-order valence-electron chi connectivity index (χ4n) is 1.34. The van der Waals surface area contributed by atoms with Crippen molar-refractivity contribution in [1.82, 2.24) is 0 Å². The summed E-state index contributed by atoms with van der Waals surface area (Å²) in [5.41, 5.74) is 0.849. The molecule has 0 fully saturated rings. The SMILES string of the molecule is C=C1C=C[C@@H](C(C)C)CC1O. The average Bonchev–Trinajstić information content (AvgIpc) is 1.94. The first-order valence-corrected chi connectivity index (χ1v) is 4.16. The fraction of sp³-hybridized carbons (Fsp3) is 0.600. The Morgan fingerprint density at radius 2 is 2.27 bits per heavy atom. The molecule has 0 saturated carbocycles. The normalized spacial score (nSPS) is 31.5. The van der Waals surface area contributed by atoms with Crippen LogP contribution in [0.1, 0.15) is 20.3 Å². The number of allylic oxidation sites excluding steroid dienone is 1. The summed E-state index contributed by atoms with van der Waals surface area (Å²) < 4.78 is 0. The zero-order valence-corrected chi connectivity index (χ0v) is 7.25. The quantitative estimate of drug-likeness (QED) is 0.610. The van der Waals surface area contributed by atoms with E-state index in [-0.39, 0.29) is 6.10 Å². The zero-order valence-electron chi connectivity index (χ0n) is 7.25. The predicted molar refractivity (Wildman–Crippen MR) is 47.2 cm³/mol. The highest BCUT2D eigenvalue weighted by Crippen LogP contribution is 2.26. The van der Waals surface area contributed by atoms with Crippen LogP contribution in [0.15, 0.2) is 24.3 Å². The van der Waals surface area contributed by atoms with Gasteiger partial charge in [0.2, 0.25) is 0 Å². The van der Waals surface area contributed by atoms with Crippen LogP contribution < -0.4 is 0 Å². The van der Waals surface area contributed by atoms with E-state index in [9.17, 15) is 5.11 Å². The van der Waals surface area contributed by atoms with Crippen molar-refractivity contribution in [3.05, 3.63) is 24.3 Å². The van der Waals surface area contributed by atoms with Crippen LogP contribution in [-0.4, -0.2) is 11.2 Å². The Bertz CT molecular complexity index is 179. The third-order valence-electron chi connectivity index (χ3n) is 2.34. The molecule has 0 aromatic rings. The monoisotopic (exact) mass is 152 g/mol. The highest BCUT2D eigenvalue weighted by atomic mass is 16.3. The van der Waals surface area contributed by atoms with Gasteiger partial charge in [0.25, 0.3) is 0 Å². The largest absolute Gasteiger partial charge is 0.388 e. The molecule has 62 valence electrons. The third kappa shape index (κ3) is 1.93. The van der Waals surface area contributed by atoms with Gasteiger partial charge in [0.15, 0.2) is 0 Å². The van der Waals surface area contributed by atoms with Gasteiger partial charge in [-0.25, -0.2) is 0 Å². The Morgan fingerprint density at radius 1 is 1.64 bits per heavy atom. The standard InChI is InChI=1S/C10H16O/c1-7(2)9-5-4-8(3)10(11)6-9/h4-5,7,9-11H,3,6H2,1-2H3/t9-,10?/m1/s1. The third-order valence-corrected chi connectivity index (χ3v) is 2.34. The highest BCUT2D eigenvalue weighted by Gasteiger charge is 2.20. The molecular weight excluding hydrogens is 136 g/mol. The van der Waals surface area contributed by atoms with Crippen LogP contribution in [0.3, 0.4) is 0 Å². The van der Waals surface area contributed by atoms with Gasteiger partial charge >= 0.3 is 0 Å². The molecule has 0 bridgehead atoms. The molecule has 0 spiro atoms. The van der Waals surface area contributed by atoms with E-state index >= 15 is 0 Å². The topological polar surface area (TPSA) is 20.2 Å². The molecule has 0 aromatic heterocycles. The number of hydrogen-bond acceptors (Lipinski definition) is 1. The van der Waals surface area contributed by atoms with Crippen LogP contribution in [0, 0.1) is 11.8 Å². The van der Waals surface area contributed by atoms with Crippen LogP contribution in [-0.2, 0) is 0 Å². The number of aliphatic hydroxyl groups is 1. The second-order valence-electron chi connectivity index (χ2n) is 3.59. The van der Waals surface area contributed by atoms with Crippen molar-refractivity contribution in [1.29, 1.82) is 0 Å². The summed E-state index contributed by atoms with van der Waals surface area (Å²) in [6.45, 7) is 8.10. The van der Waals surface area contributed by atoms with Crippen molar-refractivity contribution in [2.45, 2.75) is 26.4 Å². The molecule has 0 aliphatic heterocycles. The lowest BCUT2D eigenvalue weighted by Gasteiger charge is -2.25. The van der Waals surface area contributed by atoms with Crippen LogP contribution >= 0.6 is 0 Å². The van der Waals surface area contributed by atoms with Gasteiger partial charge in [0, 0.05) is 0 Å². The van der Waals surface area contributed by atoms with Crippen molar-refractivity contribution < 1.29 is 5.11 Å². The van der Waals surface area contributed by atoms with E-state index in [0.717, 1.165) is 12.0 Å². The summed E-state index contributed by atoms with van der Waals surface area (Å²) in [7, 11) is 0. The second-order valence-corrected chi connectivity index (χ2v) is 3.59. The fourth-order valence-corrected chi connectivity index (χ4v) is 1.34. The first-order valence-electron chi connectivity index (χ1n) is 4.16. The smallest absolute Gasteiger partial charge is 0.0790 e. The van der Waals surface area contributed by atoms with Crippen LogP contribution in [0.4, 0.5) is 0 Å². The highest BCUT2D eigenvalue weighted by molar-refractivity contribution is 5.23. The first kappa shape index (κ1) is 8.54. The first-order chi connectivity index (χ1) is 5.11. The minimum atomic E-state index is -0.313. The van der Waals surface area contributed by atoms with Crippen LogP contribution in [0.2, 0.25) is 0 Å². The minimum absolute atomic E-state index is 0.313. The minimum Gasteiger partial charge on any atom is -0.388 e. The Hall–Kier alpha value is -0.560. The molecule has 1 unspecified atom stereocenters. The molecule has 1 N–H and O–H groups in total. The summed E-state index contributed by atoms with van der Waals surface area (Å²) in [5.74, 6) is 1.14. The van der Waals surface area contributed by atoms with E-state index in [4.69, 9.17) is 0 Å². The molecule has 11 heavy (non-hydrogen) atoms. The lowest BCUT2D eigenvalue weighted by atomic mass is 9.84. The molecule has 1 aliphatic rings. The van der Waals surface area contributed by atoms with Crippen molar-refractivity contribution in [2.75, 3.05) is 0 Å². The predicted octanol–water partition coefficient (Wildman–Crippen LogP) is 2.14. The summed E-state index contributed by atoms with van der Waals surface area (Å²) in [6, 6.07) is 0. The van der Waals surface area contributed by atoms with Gasteiger partial charge in [-0.15, -0.1) is 0 Å². The molecule has 0 saturated heterocycles. The Balaban J connectivity index is 2.63. The van der Waals surface area contributed by atoms with E-state index < -0.39 is 0 Å². The molecular formula is C10H16O. The summed E-state index contributed by atoms with van der Waals surface area (Å²) in [5, 5.41) is 9.45. The molecule has 1 aliphatic carbocycles. The maximum absolute atomic E-state index is 9.45. The molecule has 1 heteroatoms. The van der Waals surface area contributed by atoms with E-state index in [1.807, 2.05) is 6.08 Å². The summed E-state index contributed by atoms with van der Waals surface area (Å²) >= 11 is 0. The van der Waals surface area contributed by atoms with Gasteiger partial charge in [0.05, 0.1) is 6.10 Å². The van der Waals surface area contributed by atoms with E-state index in [1.54, 1.807) is 0 Å². The van der Waals surface area contributed by atoms with Gasteiger partial charge in [-0.2, -0.15) is 0 Å². The van der Waals surface area contributed by atoms with Gasteiger partial charge in [-0.3, -0.25) is 0 Å². The number of aliphatic hydroxyl groups excluding tert-OH is 1. The van der Waals surface area contributed by atoms with Crippen molar-refractivity contribution >= 4 is 0 Å². The van der Waals surface area contributed by atoms with Crippen LogP contribution in [0.5, 0.6) is 0 Å². The average molecular weight is 152 g/mol. The Labute approximate surface area is 68.4 Å². The lowest BCUT2D eigenvalue weighted by molar-refractivity contribution is 0.172.